The molecule has 170 valence electrons. The molecule has 1 rings (SSSR count). The summed E-state index contributed by atoms with van der Waals surface area (Å²) >= 11 is 0. The summed E-state index contributed by atoms with van der Waals surface area (Å²) in [7, 11) is 0. The van der Waals surface area contributed by atoms with Crippen molar-refractivity contribution in [3.05, 3.63) is 66.9 Å². The van der Waals surface area contributed by atoms with Gasteiger partial charge >= 0.3 is 0 Å². The maximum atomic E-state index is 13.7. The second-order valence-electron chi connectivity index (χ2n) is 7.99. The van der Waals surface area contributed by atoms with Gasteiger partial charge in [0.05, 0.1) is 11.8 Å². The van der Waals surface area contributed by atoms with Crippen LogP contribution >= 0.6 is 0 Å². The number of hydrogen-bond donors (Lipinski definition) is 2. The zero-order chi connectivity index (χ0) is 23.6. The third-order valence-electron chi connectivity index (χ3n) is 5.02. The highest BCUT2D eigenvalue weighted by Gasteiger charge is 2.19. The monoisotopic (exact) mass is 427 g/mol. The largest absolute Gasteiger partial charge is 0.490 e. The number of aliphatic imine (C=N–C) groups is 1. The lowest BCUT2D eigenvalue weighted by Crippen LogP contribution is -2.38. The molecule has 0 saturated carbocycles. The van der Waals surface area contributed by atoms with Crippen LogP contribution in [-0.4, -0.2) is 24.2 Å². The van der Waals surface area contributed by atoms with Gasteiger partial charge in [-0.1, -0.05) is 51.7 Å². The Morgan fingerprint density at radius 3 is 2.42 bits per heavy atom. The van der Waals surface area contributed by atoms with Crippen LogP contribution in [0, 0.1) is 0 Å². The third kappa shape index (κ3) is 8.93. The first-order valence-corrected chi connectivity index (χ1v) is 10.8. The minimum atomic E-state index is -1.95. The Bertz CT molecular complexity index is 847. The summed E-state index contributed by atoms with van der Waals surface area (Å²) in [5.41, 5.74) is 10.0. The number of alkyl halides is 1. The average molecular weight is 428 g/mol. The Kier molecular flexibility index (Phi) is 10.4. The SMILES string of the molecule is C=C/C(=C\N=C(/C)C(C)(N)F)CNC(=C)c1cc(OC(CC)CCC)cc(C(=C)C)c1. The molecule has 2 unspecified atom stereocenters. The van der Waals surface area contributed by atoms with Gasteiger partial charge in [0, 0.05) is 24.0 Å². The molecule has 3 N–H and O–H groups in total. The fourth-order valence-corrected chi connectivity index (χ4v) is 2.74. The van der Waals surface area contributed by atoms with Crippen LogP contribution in [0.1, 0.15) is 65.0 Å². The summed E-state index contributed by atoms with van der Waals surface area (Å²) in [6, 6.07) is 6.04. The van der Waals surface area contributed by atoms with E-state index in [2.05, 4.69) is 43.9 Å². The number of rotatable bonds is 13. The minimum Gasteiger partial charge on any atom is -0.490 e. The molecule has 2 atom stereocenters. The van der Waals surface area contributed by atoms with Crippen LogP contribution in [0.25, 0.3) is 11.3 Å². The van der Waals surface area contributed by atoms with E-state index in [0.717, 1.165) is 53.0 Å². The first kappa shape index (κ1) is 26.4. The molecular formula is C26H38FN3O. The van der Waals surface area contributed by atoms with E-state index in [1.165, 1.54) is 6.92 Å². The van der Waals surface area contributed by atoms with Crippen molar-refractivity contribution in [1.29, 1.82) is 0 Å². The lowest BCUT2D eigenvalue weighted by molar-refractivity contribution is 0.185. The first-order chi connectivity index (χ1) is 14.5. The second-order valence-corrected chi connectivity index (χ2v) is 7.99. The van der Waals surface area contributed by atoms with Crippen LogP contribution in [-0.2, 0) is 0 Å². The molecule has 0 bridgehead atoms. The van der Waals surface area contributed by atoms with E-state index in [-0.39, 0.29) is 11.8 Å². The van der Waals surface area contributed by atoms with E-state index >= 15 is 0 Å². The predicted octanol–water partition coefficient (Wildman–Crippen LogP) is 6.41. The van der Waals surface area contributed by atoms with Gasteiger partial charge in [0.2, 0.25) is 0 Å². The summed E-state index contributed by atoms with van der Waals surface area (Å²) in [5.74, 6) is -1.14. The maximum Gasteiger partial charge on any atom is 0.194 e. The number of ether oxygens (including phenoxy) is 1. The van der Waals surface area contributed by atoms with Gasteiger partial charge < -0.3 is 10.1 Å². The van der Waals surface area contributed by atoms with Gasteiger partial charge in [-0.25, -0.2) is 4.39 Å². The van der Waals surface area contributed by atoms with E-state index in [9.17, 15) is 4.39 Å². The van der Waals surface area contributed by atoms with Gasteiger partial charge in [-0.3, -0.25) is 10.7 Å². The summed E-state index contributed by atoms with van der Waals surface area (Å²) in [5, 5.41) is 3.28. The Balaban J connectivity index is 3.03. The Morgan fingerprint density at radius 1 is 1.26 bits per heavy atom. The van der Waals surface area contributed by atoms with Gasteiger partial charge in [0.15, 0.2) is 5.79 Å². The molecule has 5 heteroatoms. The number of nitrogens with zero attached hydrogens (tertiary/aromatic N) is 1. The smallest absolute Gasteiger partial charge is 0.194 e. The molecule has 0 amide bonds. The van der Waals surface area contributed by atoms with E-state index < -0.39 is 5.79 Å². The van der Waals surface area contributed by atoms with Crippen molar-refractivity contribution in [2.45, 2.75) is 65.8 Å². The zero-order valence-corrected chi connectivity index (χ0v) is 19.7. The summed E-state index contributed by atoms with van der Waals surface area (Å²) < 4.78 is 19.9. The molecule has 0 aliphatic rings. The van der Waals surface area contributed by atoms with Gasteiger partial charge in [0.1, 0.15) is 5.75 Å². The van der Waals surface area contributed by atoms with Crippen molar-refractivity contribution >= 4 is 17.0 Å². The van der Waals surface area contributed by atoms with E-state index in [4.69, 9.17) is 10.5 Å². The predicted molar refractivity (Wildman–Crippen MR) is 133 cm³/mol. The van der Waals surface area contributed by atoms with Crippen molar-refractivity contribution < 1.29 is 9.13 Å². The molecule has 0 aliphatic heterocycles. The molecule has 4 nitrogen and oxygen atoms in total. The number of nitrogens with one attached hydrogen (secondary N) is 1. The number of allylic oxidation sites excluding steroid dienone is 1. The molecule has 1 aromatic carbocycles. The molecule has 1 aromatic rings. The highest BCUT2D eigenvalue weighted by molar-refractivity contribution is 5.89. The summed E-state index contributed by atoms with van der Waals surface area (Å²) in [6.45, 7) is 21.6. The maximum absolute atomic E-state index is 13.7. The van der Waals surface area contributed by atoms with E-state index in [0.29, 0.717) is 6.54 Å². The molecule has 0 saturated heterocycles. The van der Waals surface area contributed by atoms with Gasteiger partial charge in [-0.05, 0) is 62.9 Å². The Labute approximate surface area is 187 Å². The number of halogens is 1. The lowest BCUT2D eigenvalue weighted by atomic mass is 10.0. The van der Waals surface area contributed by atoms with Crippen LogP contribution in [0.2, 0.25) is 0 Å². The molecule has 0 radical (unpaired) electrons. The third-order valence-corrected chi connectivity index (χ3v) is 5.02. The van der Waals surface area contributed by atoms with Gasteiger partial charge in [-0.15, -0.1) is 0 Å². The quantitative estimate of drug-likeness (QED) is 0.217. The molecular weight excluding hydrogens is 389 g/mol. The molecule has 0 aromatic heterocycles. The van der Waals surface area contributed by atoms with Crippen LogP contribution in [0.4, 0.5) is 4.39 Å². The van der Waals surface area contributed by atoms with Crippen LogP contribution < -0.4 is 15.8 Å². The normalized spacial score (nSPS) is 15.1. The van der Waals surface area contributed by atoms with Crippen molar-refractivity contribution in [1.82, 2.24) is 5.32 Å². The van der Waals surface area contributed by atoms with Crippen LogP contribution in [0.5, 0.6) is 5.75 Å². The first-order valence-electron chi connectivity index (χ1n) is 10.8. The minimum absolute atomic E-state index is 0.180. The number of nitrogens with two attached hydrogens (primary N) is 1. The highest BCUT2D eigenvalue weighted by Crippen LogP contribution is 2.26. The van der Waals surface area contributed by atoms with Crippen molar-refractivity contribution in [2.24, 2.45) is 10.7 Å². The van der Waals surface area contributed by atoms with Crippen LogP contribution in [0.15, 0.2) is 60.8 Å². The topological polar surface area (TPSA) is 59.6 Å². The van der Waals surface area contributed by atoms with Crippen molar-refractivity contribution in [3.8, 4) is 5.75 Å². The van der Waals surface area contributed by atoms with Crippen molar-refractivity contribution in [2.75, 3.05) is 6.54 Å². The molecule has 31 heavy (non-hydrogen) atoms. The fourth-order valence-electron chi connectivity index (χ4n) is 2.74. The summed E-state index contributed by atoms with van der Waals surface area (Å²) in [6.07, 6.45) is 6.44. The lowest BCUT2D eigenvalue weighted by Gasteiger charge is -2.19. The Morgan fingerprint density at radius 2 is 1.90 bits per heavy atom. The fraction of sp³-hybridized carbons (Fsp3) is 0.423. The van der Waals surface area contributed by atoms with Gasteiger partial charge in [0.25, 0.3) is 0 Å². The number of benzene rings is 1. The van der Waals surface area contributed by atoms with E-state index in [1.807, 2.05) is 25.1 Å². The molecule has 0 fully saturated rings. The standard InChI is InChI=1S/C26H38FN3O/c1-9-12-24(11-3)31-25-14-22(18(4)5)13-23(15-25)19(6)29-16-21(10-2)17-30-20(7)26(8,27)28/h10,13-15,17,24,29H,2,4,6,9,11-12,16,28H2,1,3,5,7-8H3/b21-17+,30-20+. The molecule has 0 spiro atoms. The zero-order valence-electron chi connectivity index (χ0n) is 19.7. The number of hydrogen-bond acceptors (Lipinski definition) is 4. The highest BCUT2D eigenvalue weighted by atomic mass is 19.1. The van der Waals surface area contributed by atoms with Crippen molar-refractivity contribution in [3.63, 3.8) is 0 Å². The molecule has 0 aliphatic carbocycles. The van der Waals surface area contributed by atoms with E-state index in [1.54, 1.807) is 19.2 Å². The second kappa shape index (κ2) is 12.3. The van der Waals surface area contributed by atoms with Crippen LogP contribution in [0.3, 0.4) is 0 Å². The molecule has 0 heterocycles. The summed E-state index contributed by atoms with van der Waals surface area (Å²) in [4.78, 5) is 4.11. The Hall–Kier alpha value is -2.66. The van der Waals surface area contributed by atoms with Gasteiger partial charge in [-0.2, -0.15) is 0 Å². The average Bonchev–Trinajstić information content (AvgIpc) is 2.72.